The van der Waals surface area contributed by atoms with E-state index in [0.29, 0.717) is 54.6 Å². The molecule has 0 aliphatic heterocycles. The highest BCUT2D eigenvalue weighted by Crippen LogP contribution is 2.21. The first-order valence-electron chi connectivity index (χ1n) is 16.3. The summed E-state index contributed by atoms with van der Waals surface area (Å²) >= 11 is 4.45. The summed E-state index contributed by atoms with van der Waals surface area (Å²) in [6.07, 6.45) is 0.740. The molecule has 0 aliphatic carbocycles. The summed E-state index contributed by atoms with van der Waals surface area (Å²) in [4.78, 5) is 27.2. The van der Waals surface area contributed by atoms with Gasteiger partial charge in [-0.2, -0.15) is 0 Å². The first-order chi connectivity index (χ1) is 21.9. The lowest BCUT2D eigenvalue weighted by atomic mass is 9.98. The van der Waals surface area contributed by atoms with E-state index in [1.165, 1.54) is 0 Å². The van der Waals surface area contributed by atoms with Crippen LogP contribution in [-0.4, -0.2) is 61.8 Å². The van der Waals surface area contributed by atoms with E-state index in [-0.39, 0.29) is 29.9 Å². The van der Waals surface area contributed by atoms with Crippen molar-refractivity contribution in [2.75, 3.05) is 31.0 Å². The van der Waals surface area contributed by atoms with Crippen LogP contribution in [0, 0.1) is 11.8 Å². The van der Waals surface area contributed by atoms with E-state index in [1.54, 1.807) is 29.6 Å². The molecule has 2 amide bonds. The Balaban J connectivity index is 1.82. The fourth-order valence-electron chi connectivity index (χ4n) is 5.32. The third-order valence-corrected chi connectivity index (χ3v) is 8.07. The van der Waals surface area contributed by atoms with E-state index in [9.17, 15) is 14.7 Å². The number of hydrogen-bond acceptors (Lipinski definition) is 7. The molecule has 0 aliphatic rings. The predicted molar refractivity (Wildman–Crippen MR) is 193 cm³/mol. The van der Waals surface area contributed by atoms with Crippen LogP contribution in [0.3, 0.4) is 0 Å². The Morgan fingerprint density at radius 1 is 0.783 bits per heavy atom. The maximum Gasteiger partial charge on any atom is 0.251 e. The summed E-state index contributed by atoms with van der Waals surface area (Å²) in [6.45, 7) is 12.4. The predicted octanol–water partition coefficient (Wildman–Crippen LogP) is 5.41. The first kappa shape index (κ1) is 37.1. The van der Waals surface area contributed by atoms with Gasteiger partial charge in [-0.25, -0.2) is 0 Å². The fraction of sp³-hybridized carbons (Fsp3) is 0.459. The Hall–Kier alpha value is -3.37. The minimum atomic E-state index is -0.533. The van der Waals surface area contributed by atoms with E-state index in [2.05, 4.69) is 61.8 Å². The molecular weight excluding hydrogens is 595 g/mol. The van der Waals surface area contributed by atoms with Gasteiger partial charge in [0, 0.05) is 49.0 Å². The number of carbonyl (C=O) groups is 2. The van der Waals surface area contributed by atoms with Gasteiger partial charge in [0.1, 0.15) is 0 Å². The highest BCUT2D eigenvalue weighted by molar-refractivity contribution is 7.81. The van der Waals surface area contributed by atoms with Gasteiger partial charge in [0.15, 0.2) is 0 Å². The molecule has 4 atom stereocenters. The third-order valence-electron chi connectivity index (χ3n) is 7.84. The zero-order valence-corrected chi connectivity index (χ0v) is 29.1. The van der Waals surface area contributed by atoms with Crippen molar-refractivity contribution >= 4 is 30.3 Å². The smallest absolute Gasteiger partial charge is 0.251 e. The summed E-state index contributed by atoms with van der Waals surface area (Å²) in [7, 11) is 1.76. The number of anilines is 1. The van der Waals surface area contributed by atoms with Crippen LogP contribution in [0.4, 0.5) is 5.69 Å². The molecule has 46 heavy (non-hydrogen) atoms. The Bertz CT molecular complexity index is 1350. The van der Waals surface area contributed by atoms with E-state index in [0.717, 1.165) is 17.7 Å². The number of rotatable bonds is 18. The summed E-state index contributed by atoms with van der Waals surface area (Å²) < 4.78 is 1.59. The monoisotopic (exact) mass is 647 g/mol. The van der Waals surface area contributed by atoms with Crippen LogP contribution >= 0.6 is 12.8 Å². The lowest BCUT2D eigenvalue weighted by molar-refractivity contribution is 0.0918. The van der Waals surface area contributed by atoms with Crippen LogP contribution in [0.1, 0.15) is 78.9 Å². The summed E-state index contributed by atoms with van der Waals surface area (Å²) in [5.41, 5.74) is 3.44. The van der Waals surface area contributed by atoms with Crippen molar-refractivity contribution in [3.63, 3.8) is 0 Å². The molecule has 0 saturated carbocycles. The average molecular weight is 648 g/mol. The number of aliphatic hydroxyl groups excluding tert-OH is 1. The molecule has 9 heteroatoms. The molecule has 3 rings (SSSR count). The minimum Gasteiger partial charge on any atom is -0.391 e. The molecule has 0 saturated heterocycles. The second-order valence-electron chi connectivity index (χ2n) is 13.0. The number of nitrogens with zero attached hydrogens (tertiary/aromatic N) is 1. The van der Waals surface area contributed by atoms with Gasteiger partial charge in [-0.3, -0.25) is 9.59 Å². The lowest BCUT2D eigenvalue weighted by Gasteiger charge is -2.29. The van der Waals surface area contributed by atoms with Crippen LogP contribution < -0.4 is 25.6 Å². The van der Waals surface area contributed by atoms with Gasteiger partial charge in [0.2, 0.25) is 0 Å². The molecule has 0 spiro atoms. The molecule has 3 aromatic carbocycles. The van der Waals surface area contributed by atoms with Crippen LogP contribution in [0.2, 0.25) is 0 Å². The SMILES string of the molecule is CC(C)CNC[C@@H](NC[C@H](Cc1ccccc1)NC(=O)c1cc(C(=O)N[C@H](C)c2ccccc2)cc(N(C)S)c1)C(O)CC(C)C. The van der Waals surface area contributed by atoms with Crippen molar-refractivity contribution in [3.05, 3.63) is 101 Å². The van der Waals surface area contributed by atoms with Gasteiger partial charge >= 0.3 is 0 Å². The molecule has 5 N–H and O–H groups in total. The van der Waals surface area contributed by atoms with Crippen LogP contribution in [0.15, 0.2) is 78.9 Å². The van der Waals surface area contributed by atoms with E-state index in [4.69, 9.17) is 0 Å². The highest BCUT2D eigenvalue weighted by atomic mass is 32.1. The van der Waals surface area contributed by atoms with Gasteiger partial charge in [0.25, 0.3) is 11.8 Å². The van der Waals surface area contributed by atoms with Gasteiger partial charge in [0.05, 0.1) is 12.1 Å². The molecule has 1 unspecified atom stereocenters. The lowest BCUT2D eigenvalue weighted by Crippen LogP contribution is -2.53. The molecular formula is C37H53N5O3S. The second-order valence-corrected chi connectivity index (χ2v) is 13.6. The fourth-order valence-corrected chi connectivity index (χ4v) is 5.43. The first-order valence-corrected chi connectivity index (χ1v) is 16.7. The molecule has 0 fully saturated rings. The molecule has 8 nitrogen and oxygen atoms in total. The Morgan fingerprint density at radius 3 is 1.93 bits per heavy atom. The minimum absolute atomic E-state index is 0.181. The van der Waals surface area contributed by atoms with Crippen molar-refractivity contribution in [3.8, 4) is 0 Å². The normalized spacial score (nSPS) is 14.0. The zero-order valence-electron chi connectivity index (χ0n) is 28.2. The number of thiol groups is 1. The maximum atomic E-state index is 13.8. The highest BCUT2D eigenvalue weighted by Gasteiger charge is 2.23. The number of benzene rings is 3. The van der Waals surface area contributed by atoms with Gasteiger partial charge in [-0.15, -0.1) is 0 Å². The average Bonchev–Trinajstić information content (AvgIpc) is 3.02. The van der Waals surface area contributed by atoms with E-state index >= 15 is 0 Å². The summed E-state index contributed by atoms with van der Waals surface area (Å²) in [5, 5.41) is 24.4. The zero-order chi connectivity index (χ0) is 33.6. The molecule has 250 valence electrons. The Labute approximate surface area is 281 Å². The molecule has 3 aromatic rings. The molecule has 0 radical (unpaired) electrons. The second kappa shape index (κ2) is 18.7. The van der Waals surface area contributed by atoms with Crippen LogP contribution in [0.5, 0.6) is 0 Å². The number of carbonyl (C=O) groups excluding carboxylic acids is 2. The van der Waals surface area contributed by atoms with Crippen molar-refractivity contribution in [1.82, 2.24) is 21.3 Å². The summed E-state index contributed by atoms with van der Waals surface area (Å²) in [6, 6.07) is 24.2. The van der Waals surface area contributed by atoms with E-state index in [1.807, 2.05) is 67.6 Å². The number of amides is 2. The number of hydrogen-bond donors (Lipinski definition) is 6. The largest absolute Gasteiger partial charge is 0.391 e. The van der Waals surface area contributed by atoms with Gasteiger partial charge < -0.3 is 30.7 Å². The third kappa shape index (κ3) is 12.4. The number of aliphatic hydroxyl groups is 1. The maximum absolute atomic E-state index is 13.8. The van der Waals surface area contributed by atoms with Gasteiger partial charge in [-0.05, 0) is 67.5 Å². The quantitative estimate of drug-likeness (QED) is 0.103. The standard InChI is InChI=1S/C37H53N5O3S/c1-25(2)17-35(43)34(24-38-22-26(3)4)39-23-32(18-28-13-9-7-10-14-28)41-37(45)31-19-30(20-33(21-31)42(6)46)36(44)40-27(5)29-15-11-8-12-16-29/h7-16,19-21,25-27,32,34-35,38-39,43,46H,17-18,22-24H2,1-6H3,(H,40,44)(H,41,45)/t27-,32+,34-,35?/m1/s1. The van der Waals surface area contributed by atoms with E-state index < -0.39 is 6.10 Å². The Kier molecular flexibility index (Phi) is 15.1. The van der Waals surface area contributed by atoms with Crippen molar-refractivity contribution < 1.29 is 14.7 Å². The van der Waals surface area contributed by atoms with Crippen molar-refractivity contribution in [2.45, 2.75) is 71.7 Å². The Morgan fingerprint density at radius 2 is 1.37 bits per heavy atom. The topological polar surface area (TPSA) is 106 Å². The molecule has 0 bridgehead atoms. The van der Waals surface area contributed by atoms with Crippen LogP contribution in [-0.2, 0) is 6.42 Å². The number of nitrogens with one attached hydrogen (secondary N) is 4. The van der Waals surface area contributed by atoms with Crippen molar-refractivity contribution in [1.29, 1.82) is 0 Å². The van der Waals surface area contributed by atoms with Crippen LogP contribution in [0.25, 0.3) is 0 Å². The summed E-state index contributed by atoms with van der Waals surface area (Å²) in [5.74, 6) is 0.278. The van der Waals surface area contributed by atoms with Gasteiger partial charge in [-0.1, -0.05) is 101 Å². The molecule has 0 aromatic heterocycles. The molecule has 0 heterocycles. The van der Waals surface area contributed by atoms with Crippen molar-refractivity contribution in [2.24, 2.45) is 11.8 Å².